The van der Waals surface area contributed by atoms with Crippen molar-refractivity contribution in [2.75, 3.05) is 0 Å². The van der Waals surface area contributed by atoms with E-state index in [4.69, 9.17) is 4.98 Å². The Kier molecular flexibility index (Phi) is 5.84. The van der Waals surface area contributed by atoms with Crippen LogP contribution in [0.3, 0.4) is 0 Å². The first-order chi connectivity index (χ1) is 14.2. The topological polar surface area (TPSA) is 85.1 Å². The number of halogens is 1. The SMILES string of the molecule is CC1CC(c2ncc3[nH]ccc3n2)CC(c2ccc3c(c2)Cc2ccccc2-3)N1.Cl.O. The van der Waals surface area contributed by atoms with Gasteiger partial charge >= 0.3 is 0 Å². The van der Waals surface area contributed by atoms with E-state index < -0.39 is 0 Å². The Labute approximate surface area is 188 Å². The van der Waals surface area contributed by atoms with E-state index in [1.54, 1.807) is 0 Å². The van der Waals surface area contributed by atoms with Gasteiger partial charge in [0, 0.05) is 24.2 Å². The number of aromatic amines is 1. The molecule has 0 saturated carbocycles. The van der Waals surface area contributed by atoms with Crippen molar-refractivity contribution in [2.45, 2.75) is 44.2 Å². The number of benzene rings is 2. The molecule has 0 bridgehead atoms. The molecule has 4 aromatic rings. The summed E-state index contributed by atoms with van der Waals surface area (Å²) in [4.78, 5) is 12.7. The molecular weight excluding hydrogens is 408 g/mol. The standard InChI is InChI=1S/C25H24N4.ClH.H2O/c1-15-10-19(25-27-14-24-22(29-25)8-9-26-24)13-23(28-15)17-6-7-21-18(12-17)11-16-4-2-3-5-20(16)21;;/h2-9,12,14-15,19,23,26,28H,10-11,13H2,1H3;1H;1H2. The molecule has 31 heavy (non-hydrogen) atoms. The largest absolute Gasteiger partial charge is 0.412 e. The number of nitrogens with one attached hydrogen (secondary N) is 2. The highest BCUT2D eigenvalue weighted by atomic mass is 35.5. The van der Waals surface area contributed by atoms with Gasteiger partial charge in [-0.05, 0) is 60.1 Å². The van der Waals surface area contributed by atoms with Gasteiger partial charge in [0.1, 0.15) is 5.82 Å². The fourth-order valence-electron chi connectivity index (χ4n) is 5.17. The van der Waals surface area contributed by atoms with Crippen molar-refractivity contribution in [1.29, 1.82) is 0 Å². The second-order valence-electron chi connectivity index (χ2n) is 8.54. The third-order valence-corrected chi connectivity index (χ3v) is 6.55. The van der Waals surface area contributed by atoms with E-state index in [9.17, 15) is 0 Å². The summed E-state index contributed by atoms with van der Waals surface area (Å²) >= 11 is 0. The molecule has 6 heteroatoms. The maximum atomic E-state index is 4.84. The first-order valence-electron chi connectivity index (χ1n) is 10.5. The molecule has 3 heterocycles. The molecule has 1 saturated heterocycles. The van der Waals surface area contributed by atoms with Crippen molar-refractivity contribution in [1.82, 2.24) is 20.3 Å². The molecule has 0 radical (unpaired) electrons. The summed E-state index contributed by atoms with van der Waals surface area (Å²) in [5.41, 5.74) is 9.08. The summed E-state index contributed by atoms with van der Waals surface area (Å²) in [7, 11) is 0. The van der Waals surface area contributed by atoms with Crippen LogP contribution in [0.25, 0.3) is 22.2 Å². The van der Waals surface area contributed by atoms with E-state index in [1.165, 1.54) is 27.8 Å². The summed E-state index contributed by atoms with van der Waals surface area (Å²) in [5.74, 6) is 1.35. The van der Waals surface area contributed by atoms with Crippen LogP contribution >= 0.6 is 12.4 Å². The summed E-state index contributed by atoms with van der Waals surface area (Å²) < 4.78 is 0. The van der Waals surface area contributed by atoms with Crippen LogP contribution in [-0.2, 0) is 6.42 Å². The lowest BCUT2D eigenvalue weighted by Crippen LogP contribution is -2.38. The van der Waals surface area contributed by atoms with Gasteiger partial charge in [-0.2, -0.15) is 0 Å². The van der Waals surface area contributed by atoms with Gasteiger partial charge in [-0.25, -0.2) is 9.97 Å². The molecule has 3 unspecified atom stereocenters. The zero-order valence-corrected chi connectivity index (χ0v) is 18.2. The quantitative estimate of drug-likeness (QED) is 0.421. The average Bonchev–Trinajstić information content (AvgIpc) is 3.36. The Hall–Kier alpha value is -2.73. The molecule has 160 valence electrons. The second kappa shape index (κ2) is 8.42. The van der Waals surface area contributed by atoms with Crippen molar-refractivity contribution in [3.05, 3.63) is 83.4 Å². The van der Waals surface area contributed by atoms with E-state index in [-0.39, 0.29) is 17.9 Å². The Bertz CT molecular complexity index is 1220. The molecule has 1 aliphatic heterocycles. The molecule has 1 aliphatic carbocycles. The lowest BCUT2D eigenvalue weighted by Gasteiger charge is -2.34. The maximum absolute atomic E-state index is 4.84. The van der Waals surface area contributed by atoms with Crippen LogP contribution in [0.4, 0.5) is 0 Å². The summed E-state index contributed by atoms with van der Waals surface area (Å²) in [5, 5.41) is 3.82. The highest BCUT2D eigenvalue weighted by Crippen LogP contribution is 2.40. The van der Waals surface area contributed by atoms with Gasteiger partial charge in [0.2, 0.25) is 0 Å². The van der Waals surface area contributed by atoms with Crippen molar-refractivity contribution in [3.63, 3.8) is 0 Å². The van der Waals surface area contributed by atoms with Gasteiger partial charge < -0.3 is 15.8 Å². The zero-order chi connectivity index (χ0) is 19.4. The summed E-state index contributed by atoms with van der Waals surface area (Å²) in [6.07, 6.45) is 7.00. The van der Waals surface area contributed by atoms with Crippen LogP contribution < -0.4 is 5.32 Å². The molecule has 2 aliphatic rings. The highest BCUT2D eigenvalue weighted by molar-refractivity contribution is 5.85. The van der Waals surface area contributed by atoms with Crippen LogP contribution in [0.1, 0.15) is 54.2 Å². The van der Waals surface area contributed by atoms with E-state index in [0.717, 1.165) is 36.1 Å². The Morgan fingerprint density at radius 3 is 2.71 bits per heavy atom. The first kappa shape index (κ1) is 21.5. The summed E-state index contributed by atoms with van der Waals surface area (Å²) in [6, 6.07) is 18.6. The van der Waals surface area contributed by atoms with Crippen molar-refractivity contribution < 1.29 is 5.48 Å². The van der Waals surface area contributed by atoms with Crippen molar-refractivity contribution in [3.8, 4) is 11.1 Å². The van der Waals surface area contributed by atoms with E-state index in [0.29, 0.717) is 18.0 Å². The predicted molar refractivity (Wildman–Crippen MR) is 127 cm³/mol. The Balaban J connectivity index is 0.00000116. The smallest absolute Gasteiger partial charge is 0.132 e. The predicted octanol–water partition coefficient (Wildman–Crippen LogP) is 4.72. The number of hydrogen-bond donors (Lipinski definition) is 2. The Morgan fingerprint density at radius 1 is 0.968 bits per heavy atom. The van der Waals surface area contributed by atoms with E-state index in [1.807, 2.05) is 18.5 Å². The monoisotopic (exact) mass is 434 g/mol. The van der Waals surface area contributed by atoms with E-state index in [2.05, 4.69) is 64.7 Å². The number of nitrogens with zero attached hydrogens (tertiary/aromatic N) is 2. The Morgan fingerprint density at radius 2 is 1.81 bits per heavy atom. The van der Waals surface area contributed by atoms with Crippen molar-refractivity contribution in [2.24, 2.45) is 0 Å². The van der Waals surface area contributed by atoms with E-state index >= 15 is 0 Å². The lowest BCUT2D eigenvalue weighted by atomic mass is 9.84. The van der Waals surface area contributed by atoms with Crippen LogP contribution in [0, 0.1) is 0 Å². The molecule has 0 amide bonds. The number of piperidine rings is 1. The minimum Gasteiger partial charge on any atom is -0.412 e. The molecule has 1 fully saturated rings. The molecule has 5 nitrogen and oxygen atoms in total. The lowest BCUT2D eigenvalue weighted by molar-refractivity contribution is 0.300. The molecular formula is C25H27ClN4O. The maximum Gasteiger partial charge on any atom is 0.132 e. The third-order valence-electron chi connectivity index (χ3n) is 6.55. The third kappa shape index (κ3) is 3.74. The first-order valence-corrected chi connectivity index (χ1v) is 10.5. The molecule has 3 atom stereocenters. The molecule has 6 rings (SSSR count). The average molecular weight is 435 g/mol. The minimum atomic E-state index is 0. The van der Waals surface area contributed by atoms with Gasteiger partial charge in [0.25, 0.3) is 0 Å². The fourth-order valence-corrected chi connectivity index (χ4v) is 5.17. The van der Waals surface area contributed by atoms with Gasteiger partial charge in [0.15, 0.2) is 0 Å². The molecule has 4 N–H and O–H groups in total. The van der Waals surface area contributed by atoms with Crippen molar-refractivity contribution >= 4 is 23.4 Å². The molecule has 2 aromatic heterocycles. The number of fused-ring (bicyclic) bond motifs is 4. The van der Waals surface area contributed by atoms with Gasteiger partial charge in [-0.1, -0.05) is 42.5 Å². The number of rotatable bonds is 2. The van der Waals surface area contributed by atoms with Crippen LogP contribution in [0.15, 0.2) is 60.9 Å². The number of aromatic nitrogens is 3. The van der Waals surface area contributed by atoms with Crippen LogP contribution in [-0.4, -0.2) is 26.5 Å². The van der Waals surface area contributed by atoms with Gasteiger partial charge in [-0.15, -0.1) is 12.4 Å². The molecule has 0 spiro atoms. The fraction of sp³-hybridized carbons (Fsp3) is 0.280. The number of hydrogen-bond acceptors (Lipinski definition) is 3. The van der Waals surface area contributed by atoms with Gasteiger partial charge in [0.05, 0.1) is 17.2 Å². The summed E-state index contributed by atoms with van der Waals surface area (Å²) in [6.45, 7) is 2.28. The zero-order valence-electron chi connectivity index (χ0n) is 17.4. The van der Waals surface area contributed by atoms with Crippen LogP contribution in [0.5, 0.6) is 0 Å². The second-order valence-corrected chi connectivity index (χ2v) is 8.54. The number of H-pyrrole nitrogens is 1. The minimum absolute atomic E-state index is 0. The van der Waals surface area contributed by atoms with Crippen LogP contribution in [0.2, 0.25) is 0 Å². The molecule has 2 aromatic carbocycles. The van der Waals surface area contributed by atoms with Gasteiger partial charge in [-0.3, -0.25) is 0 Å². The highest BCUT2D eigenvalue weighted by Gasteiger charge is 2.30. The normalized spacial score (nSPS) is 21.6.